The van der Waals surface area contributed by atoms with E-state index in [1.807, 2.05) is 0 Å². The van der Waals surface area contributed by atoms with E-state index in [-0.39, 0.29) is 15.5 Å². The number of hydrogen-bond donors (Lipinski definition) is 2. The summed E-state index contributed by atoms with van der Waals surface area (Å²) in [5, 5.41) is 2.71. The van der Waals surface area contributed by atoms with E-state index < -0.39 is 15.9 Å². The Morgan fingerprint density at radius 3 is 2.34 bits per heavy atom. The first-order chi connectivity index (χ1) is 15.4. The zero-order valence-electron chi connectivity index (χ0n) is 16.9. The fourth-order valence-corrected chi connectivity index (χ4v) is 4.63. The number of halogens is 1. The lowest BCUT2D eigenvalue weighted by Gasteiger charge is -2.19. The van der Waals surface area contributed by atoms with Gasteiger partial charge in [0.1, 0.15) is 23.9 Å². The van der Waals surface area contributed by atoms with Crippen LogP contribution in [-0.4, -0.2) is 34.6 Å². The molecule has 0 bridgehead atoms. The number of hydrogen-bond acceptors (Lipinski definition) is 6. The minimum Gasteiger partial charge on any atom is -0.497 e. The van der Waals surface area contributed by atoms with Gasteiger partial charge in [0.05, 0.1) is 12.1 Å². The quantitative estimate of drug-likeness (QED) is 0.555. The summed E-state index contributed by atoms with van der Waals surface area (Å²) in [6.45, 7) is 0.884. The highest BCUT2D eigenvalue weighted by Crippen LogP contribution is 2.33. The zero-order chi connectivity index (χ0) is 22.7. The number of nitrogens with one attached hydrogen (secondary N) is 2. The maximum atomic E-state index is 12.9. The Morgan fingerprint density at radius 2 is 1.62 bits per heavy atom. The van der Waals surface area contributed by atoms with Crippen molar-refractivity contribution in [2.24, 2.45) is 0 Å². The van der Waals surface area contributed by atoms with E-state index in [1.165, 1.54) is 25.3 Å². The lowest BCUT2D eigenvalue weighted by molar-refractivity contribution is 0.102. The van der Waals surface area contributed by atoms with Crippen LogP contribution in [0.2, 0.25) is 5.02 Å². The molecule has 3 aromatic carbocycles. The van der Waals surface area contributed by atoms with Crippen molar-refractivity contribution in [3.05, 3.63) is 71.2 Å². The first-order valence-electron chi connectivity index (χ1n) is 9.53. The van der Waals surface area contributed by atoms with Gasteiger partial charge in [-0.25, -0.2) is 8.42 Å². The van der Waals surface area contributed by atoms with Gasteiger partial charge in [-0.1, -0.05) is 11.6 Å². The standard InChI is InChI=1S/C22H19ClN2O6S/c1-29-17-6-3-15(4-7-17)25-32(27,28)21-12-14(2-8-18(21)23)22(26)24-16-5-9-19-20(13-16)31-11-10-30-19/h2-9,12-13,25H,10-11H2,1H3,(H,24,26). The third kappa shape index (κ3) is 4.74. The van der Waals surface area contributed by atoms with Crippen molar-refractivity contribution in [1.29, 1.82) is 0 Å². The molecule has 166 valence electrons. The molecule has 3 aromatic rings. The predicted molar refractivity (Wildman–Crippen MR) is 121 cm³/mol. The van der Waals surface area contributed by atoms with E-state index >= 15 is 0 Å². The molecule has 2 N–H and O–H groups in total. The Balaban J connectivity index is 1.55. The average molecular weight is 475 g/mol. The summed E-state index contributed by atoms with van der Waals surface area (Å²) in [4.78, 5) is 12.5. The Bertz CT molecular complexity index is 1260. The third-order valence-electron chi connectivity index (χ3n) is 4.63. The Morgan fingerprint density at radius 1 is 0.938 bits per heavy atom. The number of benzene rings is 3. The van der Waals surface area contributed by atoms with Crippen LogP contribution in [0.5, 0.6) is 17.2 Å². The molecule has 1 aliphatic heterocycles. The number of methoxy groups -OCH3 is 1. The van der Waals surface area contributed by atoms with Crippen LogP contribution in [0.25, 0.3) is 0 Å². The Kier molecular flexibility index (Phi) is 6.11. The van der Waals surface area contributed by atoms with E-state index in [2.05, 4.69) is 10.0 Å². The maximum Gasteiger partial charge on any atom is 0.263 e. The monoisotopic (exact) mass is 474 g/mol. The molecule has 1 heterocycles. The van der Waals surface area contributed by atoms with Crippen molar-refractivity contribution >= 4 is 38.9 Å². The molecule has 0 fully saturated rings. The molecule has 0 aromatic heterocycles. The van der Waals surface area contributed by atoms with Gasteiger partial charge in [0.15, 0.2) is 11.5 Å². The number of fused-ring (bicyclic) bond motifs is 1. The number of carbonyl (C=O) groups excluding carboxylic acids is 1. The molecule has 0 unspecified atom stereocenters. The number of ether oxygens (including phenoxy) is 3. The molecule has 1 amide bonds. The zero-order valence-corrected chi connectivity index (χ0v) is 18.5. The van der Waals surface area contributed by atoms with Crippen LogP contribution in [-0.2, 0) is 10.0 Å². The van der Waals surface area contributed by atoms with E-state index in [0.29, 0.717) is 41.8 Å². The molecular weight excluding hydrogens is 456 g/mol. The van der Waals surface area contributed by atoms with Gasteiger partial charge in [-0.15, -0.1) is 0 Å². The fraction of sp³-hybridized carbons (Fsp3) is 0.136. The summed E-state index contributed by atoms with van der Waals surface area (Å²) in [5.74, 6) is 1.21. The minimum atomic E-state index is -4.04. The lowest BCUT2D eigenvalue weighted by atomic mass is 10.2. The van der Waals surface area contributed by atoms with Gasteiger partial charge in [0.25, 0.3) is 15.9 Å². The third-order valence-corrected chi connectivity index (χ3v) is 6.49. The summed E-state index contributed by atoms with van der Waals surface area (Å²) >= 11 is 6.14. The topological polar surface area (TPSA) is 103 Å². The first-order valence-corrected chi connectivity index (χ1v) is 11.4. The van der Waals surface area contributed by atoms with Crippen LogP contribution in [0.3, 0.4) is 0 Å². The molecule has 10 heteroatoms. The number of sulfonamides is 1. The summed E-state index contributed by atoms with van der Waals surface area (Å²) in [6.07, 6.45) is 0. The predicted octanol–water partition coefficient (Wildman–Crippen LogP) is 4.17. The largest absolute Gasteiger partial charge is 0.497 e. The first kappa shape index (κ1) is 21.8. The van der Waals surface area contributed by atoms with Crippen LogP contribution in [0.4, 0.5) is 11.4 Å². The van der Waals surface area contributed by atoms with Crippen molar-refractivity contribution < 1.29 is 27.4 Å². The van der Waals surface area contributed by atoms with Crippen LogP contribution in [0.15, 0.2) is 65.6 Å². The highest BCUT2D eigenvalue weighted by atomic mass is 35.5. The highest BCUT2D eigenvalue weighted by molar-refractivity contribution is 7.92. The van der Waals surface area contributed by atoms with Crippen molar-refractivity contribution in [3.63, 3.8) is 0 Å². The van der Waals surface area contributed by atoms with Gasteiger partial charge >= 0.3 is 0 Å². The van der Waals surface area contributed by atoms with Crippen molar-refractivity contribution in [3.8, 4) is 17.2 Å². The molecule has 0 atom stereocenters. The fourth-order valence-electron chi connectivity index (χ4n) is 3.04. The molecule has 0 radical (unpaired) electrons. The summed E-state index contributed by atoms with van der Waals surface area (Å²) in [6, 6.07) is 15.4. The number of rotatable bonds is 6. The average Bonchev–Trinajstić information content (AvgIpc) is 2.79. The summed E-state index contributed by atoms with van der Waals surface area (Å²) in [7, 11) is -2.53. The lowest BCUT2D eigenvalue weighted by Crippen LogP contribution is -2.17. The number of anilines is 2. The van der Waals surface area contributed by atoms with Crippen LogP contribution in [0, 0.1) is 0 Å². The van der Waals surface area contributed by atoms with Crippen LogP contribution < -0.4 is 24.2 Å². The molecule has 1 aliphatic rings. The molecule has 0 saturated heterocycles. The van der Waals surface area contributed by atoms with Crippen molar-refractivity contribution in [1.82, 2.24) is 0 Å². The second kappa shape index (κ2) is 8.97. The van der Waals surface area contributed by atoms with Crippen molar-refractivity contribution in [2.45, 2.75) is 4.90 Å². The molecule has 0 saturated carbocycles. The highest BCUT2D eigenvalue weighted by Gasteiger charge is 2.21. The molecule has 0 aliphatic carbocycles. The van der Waals surface area contributed by atoms with Crippen molar-refractivity contribution in [2.75, 3.05) is 30.4 Å². The van der Waals surface area contributed by atoms with Gasteiger partial charge in [-0.2, -0.15) is 0 Å². The smallest absolute Gasteiger partial charge is 0.263 e. The maximum absolute atomic E-state index is 12.9. The van der Waals surface area contributed by atoms with Gasteiger partial charge in [0.2, 0.25) is 0 Å². The second-order valence-electron chi connectivity index (χ2n) is 6.79. The summed E-state index contributed by atoms with van der Waals surface area (Å²) < 4.78 is 44.3. The Labute approximate surface area is 190 Å². The SMILES string of the molecule is COc1ccc(NS(=O)(=O)c2cc(C(=O)Nc3ccc4c(c3)OCCO4)ccc2Cl)cc1. The van der Waals surface area contributed by atoms with E-state index in [9.17, 15) is 13.2 Å². The van der Waals surface area contributed by atoms with Gasteiger partial charge in [-0.3, -0.25) is 9.52 Å². The number of amides is 1. The van der Waals surface area contributed by atoms with Crippen LogP contribution >= 0.6 is 11.6 Å². The van der Waals surface area contributed by atoms with Gasteiger partial charge < -0.3 is 19.5 Å². The van der Waals surface area contributed by atoms with E-state index in [4.69, 9.17) is 25.8 Å². The van der Waals surface area contributed by atoms with E-state index in [0.717, 1.165) is 0 Å². The normalized spacial score (nSPS) is 12.7. The molecule has 0 spiro atoms. The number of carbonyl (C=O) groups is 1. The minimum absolute atomic E-state index is 0.0121. The summed E-state index contributed by atoms with van der Waals surface area (Å²) in [5.41, 5.74) is 0.933. The molecule has 4 rings (SSSR count). The Hall–Kier alpha value is -3.43. The van der Waals surface area contributed by atoms with Gasteiger partial charge in [0, 0.05) is 23.0 Å². The molecule has 32 heavy (non-hydrogen) atoms. The van der Waals surface area contributed by atoms with Crippen LogP contribution in [0.1, 0.15) is 10.4 Å². The molecular formula is C22H19ClN2O6S. The van der Waals surface area contributed by atoms with Gasteiger partial charge in [-0.05, 0) is 54.6 Å². The molecule has 8 nitrogen and oxygen atoms in total. The second-order valence-corrected chi connectivity index (χ2v) is 8.85. The van der Waals surface area contributed by atoms with E-state index in [1.54, 1.807) is 42.5 Å².